The van der Waals surface area contributed by atoms with Crippen molar-refractivity contribution in [3.8, 4) is 0 Å². The van der Waals surface area contributed by atoms with Crippen LogP contribution in [0, 0.1) is 5.92 Å². The number of alkyl halides is 3. The van der Waals surface area contributed by atoms with E-state index < -0.39 is 32.2 Å². The van der Waals surface area contributed by atoms with Crippen molar-refractivity contribution in [1.82, 2.24) is 4.98 Å². The largest absolute Gasteiger partial charge is 0.417 e. The molecule has 146 valence electrons. The van der Waals surface area contributed by atoms with Crippen LogP contribution in [0.15, 0.2) is 18.3 Å². The van der Waals surface area contributed by atoms with Crippen molar-refractivity contribution in [3.05, 3.63) is 23.9 Å². The fourth-order valence-corrected chi connectivity index (χ4v) is 4.62. The maximum absolute atomic E-state index is 12.7. The van der Waals surface area contributed by atoms with Gasteiger partial charge in [-0.2, -0.15) is 13.2 Å². The summed E-state index contributed by atoms with van der Waals surface area (Å²) in [6.07, 6.45) is 0.802. The summed E-state index contributed by atoms with van der Waals surface area (Å²) < 4.78 is 61.3. The Balaban J connectivity index is 2.08. The number of carbonyl (C=O) groups excluding carboxylic acids is 1. The zero-order valence-corrected chi connectivity index (χ0v) is 15.6. The van der Waals surface area contributed by atoms with Crippen LogP contribution in [0.1, 0.15) is 51.5 Å². The second kappa shape index (κ2) is 7.54. The maximum atomic E-state index is 12.7. The number of sulfone groups is 1. The van der Waals surface area contributed by atoms with Crippen molar-refractivity contribution in [1.29, 1.82) is 0 Å². The lowest BCUT2D eigenvalue weighted by Gasteiger charge is -2.28. The van der Waals surface area contributed by atoms with Gasteiger partial charge in [-0.05, 0) is 44.7 Å². The Hall–Kier alpha value is -1.64. The highest BCUT2D eigenvalue weighted by Crippen LogP contribution is 2.30. The number of hydrogen-bond donors (Lipinski definition) is 1. The van der Waals surface area contributed by atoms with Gasteiger partial charge in [0, 0.05) is 6.20 Å². The van der Waals surface area contributed by atoms with E-state index in [0.717, 1.165) is 44.2 Å². The molecule has 0 unspecified atom stereocenters. The summed E-state index contributed by atoms with van der Waals surface area (Å²) in [7, 11) is -3.73. The summed E-state index contributed by atoms with van der Waals surface area (Å²) >= 11 is 0. The van der Waals surface area contributed by atoms with Crippen LogP contribution in [0.4, 0.5) is 19.0 Å². The summed E-state index contributed by atoms with van der Waals surface area (Å²) in [5, 5.41) is 2.31. The Morgan fingerprint density at radius 3 is 2.31 bits per heavy atom. The number of carbonyl (C=O) groups is 1. The fourth-order valence-electron chi connectivity index (χ4n) is 2.92. The molecule has 1 aromatic rings. The van der Waals surface area contributed by atoms with E-state index in [4.69, 9.17) is 0 Å². The molecule has 0 saturated heterocycles. The molecule has 0 aliphatic heterocycles. The van der Waals surface area contributed by atoms with Gasteiger partial charge in [-0.25, -0.2) is 13.4 Å². The molecule has 26 heavy (non-hydrogen) atoms. The van der Waals surface area contributed by atoms with E-state index in [1.54, 1.807) is 0 Å². The molecule has 0 aromatic carbocycles. The number of amides is 1. The van der Waals surface area contributed by atoms with Crippen molar-refractivity contribution in [2.75, 3.05) is 11.1 Å². The number of rotatable bonds is 5. The number of anilines is 1. The van der Waals surface area contributed by atoms with Crippen LogP contribution in [0.3, 0.4) is 0 Å². The summed E-state index contributed by atoms with van der Waals surface area (Å²) in [4.78, 5) is 16.0. The lowest BCUT2D eigenvalue weighted by molar-refractivity contribution is -0.137. The SMILES string of the molecule is CC(C)(C(=O)Nc1ccc(C(F)(F)F)cn1)S(=O)(=O)CC1CCCCC1. The molecule has 0 radical (unpaired) electrons. The monoisotopic (exact) mass is 392 g/mol. The smallest absolute Gasteiger partial charge is 0.309 e. The first-order valence-electron chi connectivity index (χ1n) is 8.50. The molecule has 1 aliphatic rings. The van der Waals surface area contributed by atoms with E-state index in [0.29, 0.717) is 6.20 Å². The Labute approximate surface area is 151 Å². The van der Waals surface area contributed by atoms with Crippen LogP contribution in [-0.2, 0) is 20.8 Å². The third-order valence-corrected chi connectivity index (χ3v) is 7.49. The summed E-state index contributed by atoms with van der Waals surface area (Å²) in [5.74, 6) is -0.942. The molecule has 2 rings (SSSR count). The van der Waals surface area contributed by atoms with Gasteiger partial charge >= 0.3 is 6.18 Å². The van der Waals surface area contributed by atoms with Crippen LogP contribution in [0.2, 0.25) is 0 Å². The molecule has 0 atom stereocenters. The first kappa shape index (κ1) is 20.7. The van der Waals surface area contributed by atoms with Gasteiger partial charge in [0.25, 0.3) is 0 Å². The average molecular weight is 392 g/mol. The molecule has 1 saturated carbocycles. The standard InChI is InChI=1S/C17H23F3N2O3S/c1-16(2,26(24,25)11-12-6-4-3-5-7-12)15(23)22-14-9-8-13(10-21-14)17(18,19)20/h8-10,12H,3-7,11H2,1-2H3,(H,21,22,23). The molecule has 1 N–H and O–H groups in total. The van der Waals surface area contributed by atoms with Gasteiger partial charge in [-0.15, -0.1) is 0 Å². The second-order valence-corrected chi connectivity index (χ2v) is 9.76. The van der Waals surface area contributed by atoms with Gasteiger partial charge in [-0.1, -0.05) is 19.3 Å². The average Bonchev–Trinajstić information content (AvgIpc) is 2.54. The number of aromatic nitrogens is 1. The zero-order valence-electron chi connectivity index (χ0n) is 14.8. The van der Waals surface area contributed by atoms with Gasteiger partial charge in [-0.3, -0.25) is 4.79 Å². The topological polar surface area (TPSA) is 76.1 Å². The Bertz CT molecular complexity index is 738. The lowest BCUT2D eigenvalue weighted by Crippen LogP contribution is -2.47. The quantitative estimate of drug-likeness (QED) is 0.827. The molecule has 1 amide bonds. The minimum Gasteiger partial charge on any atom is -0.309 e. The molecule has 1 heterocycles. The molecule has 1 aromatic heterocycles. The van der Waals surface area contributed by atoms with E-state index in [2.05, 4.69) is 10.3 Å². The highest BCUT2D eigenvalue weighted by Gasteiger charge is 2.43. The molecule has 0 bridgehead atoms. The van der Waals surface area contributed by atoms with Crippen molar-refractivity contribution in [2.24, 2.45) is 5.92 Å². The van der Waals surface area contributed by atoms with Gasteiger partial charge in [0.05, 0.1) is 11.3 Å². The molecule has 5 nitrogen and oxygen atoms in total. The van der Waals surface area contributed by atoms with Gasteiger partial charge in [0.1, 0.15) is 10.6 Å². The van der Waals surface area contributed by atoms with Crippen LogP contribution in [0.5, 0.6) is 0 Å². The second-order valence-electron chi connectivity index (χ2n) is 7.18. The van der Waals surface area contributed by atoms with Crippen molar-refractivity contribution < 1.29 is 26.4 Å². The summed E-state index contributed by atoms with van der Waals surface area (Å²) in [6, 6.07) is 1.79. The summed E-state index contributed by atoms with van der Waals surface area (Å²) in [5.41, 5.74) is -0.945. The highest BCUT2D eigenvalue weighted by molar-refractivity contribution is 7.93. The van der Waals surface area contributed by atoms with E-state index in [9.17, 15) is 26.4 Å². The Kier molecular flexibility index (Phi) is 5.99. The van der Waals surface area contributed by atoms with Gasteiger partial charge in [0.2, 0.25) is 5.91 Å². The minimum absolute atomic E-state index is 0.0463. The number of halogens is 3. The maximum Gasteiger partial charge on any atom is 0.417 e. The minimum atomic E-state index is -4.53. The molecule has 0 spiro atoms. The lowest BCUT2D eigenvalue weighted by atomic mass is 9.91. The van der Waals surface area contributed by atoms with Gasteiger partial charge < -0.3 is 5.32 Å². The molecule has 1 fully saturated rings. The normalized spacial score (nSPS) is 17.1. The van der Waals surface area contributed by atoms with E-state index in [-0.39, 0.29) is 17.5 Å². The third-order valence-electron chi connectivity index (χ3n) is 4.84. The van der Waals surface area contributed by atoms with Crippen LogP contribution >= 0.6 is 0 Å². The number of hydrogen-bond acceptors (Lipinski definition) is 4. The van der Waals surface area contributed by atoms with Gasteiger partial charge in [0.15, 0.2) is 9.84 Å². The number of nitrogens with zero attached hydrogens (tertiary/aromatic N) is 1. The fraction of sp³-hybridized carbons (Fsp3) is 0.647. The number of nitrogens with one attached hydrogen (secondary N) is 1. The van der Waals surface area contributed by atoms with E-state index in [1.165, 1.54) is 13.8 Å². The van der Waals surface area contributed by atoms with Crippen molar-refractivity contribution in [3.63, 3.8) is 0 Å². The molecule has 1 aliphatic carbocycles. The Morgan fingerprint density at radius 1 is 1.19 bits per heavy atom. The third kappa shape index (κ3) is 4.75. The van der Waals surface area contributed by atoms with E-state index >= 15 is 0 Å². The summed E-state index contributed by atoms with van der Waals surface area (Å²) in [6.45, 7) is 2.62. The van der Waals surface area contributed by atoms with Crippen molar-refractivity contribution >= 4 is 21.6 Å². The van der Waals surface area contributed by atoms with Crippen LogP contribution in [0.25, 0.3) is 0 Å². The zero-order chi connectivity index (χ0) is 19.6. The number of pyridine rings is 1. The highest BCUT2D eigenvalue weighted by atomic mass is 32.2. The van der Waals surface area contributed by atoms with Crippen LogP contribution < -0.4 is 5.32 Å². The Morgan fingerprint density at radius 2 is 1.81 bits per heavy atom. The molecule has 9 heteroatoms. The molecular formula is C17H23F3N2O3S. The first-order chi connectivity index (χ1) is 11.9. The predicted octanol–water partition coefficient (Wildman–Crippen LogP) is 3.81. The molecular weight excluding hydrogens is 369 g/mol. The van der Waals surface area contributed by atoms with E-state index in [1.807, 2.05) is 0 Å². The predicted molar refractivity (Wildman–Crippen MR) is 92.3 cm³/mol. The first-order valence-corrected chi connectivity index (χ1v) is 10.2. The van der Waals surface area contributed by atoms with Crippen LogP contribution in [-0.4, -0.2) is 29.8 Å². The van der Waals surface area contributed by atoms with Crippen molar-refractivity contribution in [2.45, 2.75) is 56.9 Å².